The van der Waals surface area contributed by atoms with E-state index in [0.717, 1.165) is 34.0 Å². The van der Waals surface area contributed by atoms with E-state index in [1.807, 2.05) is 26.0 Å². The predicted molar refractivity (Wildman–Crippen MR) is 105 cm³/mol. The first-order valence-electron chi connectivity index (χ1n) is 7.87. The van der Waals surface area contributed by atoms with Gasteiger partial charge in [-0.05, 0) is 49.2 Å². The lowest BCUT2D eigenvalue weighted by molar-refractivity contribution is -0.385. The number of nitrogens with zero attached hydrogens (tertiary/aromatic N) is 3. The summed E-state index contributed by atoms with van der Waals surface area (Å²) in [5.74, 6) is -0.536. The van der Waals surface area contributed by atoms with Crippen molar-refractivity contribution in [3.8, 4) is 5.75 Å². The SMILES string of the molecule is Cc1cc2nc3s/c(=C\c4cc(Cl)cc([N+](=O)[O-])c4O)c(=O)n3c2cc1C. The number of halogens is 1. The van der Waals surface area contributed by atoms with Crippen LogP contribution in [-0.2, 0) is 0 Å². The standard InChI is InChI=1S/C18H12ClN3O4S/c1-8-3-12-13(4-9(8)2)21-17(24)15(27-18(21)20-12)6-10-5-11(19)7-14(16(10)23)22(25)26/h3-7,23H,1-2H3/b15-6-. The van der Waals surface area contributed by atoms with Gasteiger partial charge in [0.2, 0.25) is 5.75 Å². The fraction of sp³-hybridized carbons (Fsp3) is 0.111. The van der Waals surface area contributed by atoms with Gasteiger partial charge in [0.25, 0.3) is 5.56 Å². The average Bonchev–Trinajstić information content (AvgIpc) is 3.07. The molecule has 0 radical (unpaired) electrons. The van der Waals surface area contributed by atoms with Crippen molar-refractivity contribution in [3.63, 3.8) is 0 Å². The minimum absolute atomic E-state index is 0.0936. The van der Waals surface area contributed by atoms with E-state index in [9.17, 15) is 20.0 Å². The molecule has 4 aromatic rings. The summed E-state index contributed by atoms with van der Waals surface area (Å²) in [6.45, 7) is 3.94. The number of nitro groups is 1. The zero-order valence-corrected chi connectivity index (χ0v) is 15.8. The van der Waals surface area contributed by atoms with Gasteiger partial charge in [0.05, 0.1) is 20.5 Å². The van der Waals surface area contributed by atoms with Gasteiger partial charge in [-0.25, -0.2) is 9.38 Å². The molecule has 136 valence electrons. The zero-order chi connectivity index (χ0) is 19.5. The van der Waals surface area contributed by atoms with Crippen LogP contribution in [-0.4, -0.2) is 19.4 Å². The number of rotatable bonds is 2. The van der Waals surface area contributed by atoms with Gasteiger partial charge in [-0.3, -0.25) is 14.9 Å². The summed E-state index contributed by atoms with van der Waals surface area (Å²) in [6, 6.07) is 6.27. The first-order chi connectivity index (χ1) is 12.8. The highest BCUT2D eigenvalue weighted by atomic mass is 35.5. The molecular weight excluding hydrogens is 390 g/mol. The van der Waals surface area contributed by atoms with Crippen LogP contribution in [0.15, 0.2) is 29.1 Å². The van der Waals surface area contributed by atoms with Crippen LogP contribution in [0.25, 0.3) is 22.1 Å². The van der Waals surface area contributed by atoms with Crippen molar-refractivity contribution in [1.82, 2.24) is 9.38 Å². The van der Waals surface area contributed by atoms with Gasteiger partial charge in [0.1, 0.15) is 0 Å². The number of aryl methyl sites for hydroxylation is 2. The van der Waals surface area contributed by atoms with E-state index in [1.54, 1.807) is 0 Å². The van der Waals surface area contributed by atoms with E-state index in [1.165, 1.54) is 16.5 Å². The van der Waals surface area contributed by atoms with Crippen LogP contribution in [0.1, 0.15) is 16.7 Å². The van der Waals surface area contributed by atoms with Gasteiger partial charge in [0.15, 0.2) is 4.96 Å². The minimum Gasteiger partial charge on any atom is -0.502 e. The fourth-order valence-corrected chi connectivity index (χ4v) is 4.11. The molecule has 0 bridgehead atoms. The predicted octanol–water partition coefficient (Wildman–Crippen LogP) is 3.34. The molecule has 0 aliphatic rings. The second-order valence-electron chi connectivity index (χ2n) is 6.19. The number of benzene rings is 2. The van der Waals surface area contributed by atoms with Crippen molar-refractivity contribution in [2.24, 2.45) is 0 Å². The molecule has 27 heavy (non-hydrogen) atoms. The number of hydrogen-bond donors (Lipinski definition) is 1. The Labute approximate surface area is 160 Å². The Kier molecular flexibility index (Phi) is 3.90. The smallest absolute Gasteiger partial charge is 0.312 e. The van der Waals surface area contributed by atoms with E-state index in [4.69, 9.17) is 11.6 Å². The number of nitro benzene ring substituents is 1. The Morgan fingerprint density at radius 3 is 2.67 bits per heavy atom. The third kappa shape index (κ3) is 2.73. The topological polar surface area (TPSA) is 97.7 Å². The molecule has 7 nitrogen and oxygen atoms in total. The first kappa shape index (κ1) is 17.4. The number of thiazole rings is 1. The molecule has 0 atom stereocenters. The van der Waals surface area contributed by atoms with Crippen LogP contribution in [0, 0.1) is 24.0 Å². The summed E-state index contributed by atoms with van der Waals surface area (Å²) >= 11 is 7.06. The first-order valence-corrected chi connectivity index (χ1v) is 9.06. The van der Waals surface area contributed by atoms with Crippen LogP contribution < -0.4 is 10.1 Å². The van der Waals surface area contributed by atoms with Gasteiger partial charge in [0, 0.05) is 16.7 Å². The molecule has 0 aliphatic heterocycles. The summed E-state index contributed by atoms with van der Waals surface area (Å²) in [4.78, 5) is 28.2. The van der Waals surface area contributed by atoms with E-state index < -0.39 is 16.4 Å². The van der Waals surface area contributed by atoms with Crippen LogP contribution >= 0.6 is 22.9 Å². The van der Waals surface area contributed by atoms with Crippen LogP contribution in [0.4, 0.5) is 5.69 Å². The lowest BCUT2D eigenvalue weighted by Gasteiger charge is -2.01. The second-order valence-corrected chi connectivity index (χ2v) is 7.64. The third-order valence-electron chi connectivity index (χ3n) is 4.42. The number of imidazole rings is 1. The maximum absolute atomic E-state index is 12.9. The zero-order valence-electron chi connectivity index (χ0n) is 14.2. The Morgan fingerprint density at radius 1 is 1.26 bits per heavy atom. The summed E-state index contributed by atoms with van der Waals surface area (Å²) < 4.78 is 1.80. The molecule has 0 saturated carbocycles. The Morgan fingerprint density at radius 2 is 1.96 bits per heavy atom. The van der Waals surface area contributed by atoms with Gasteiger partial charge >= 0.3 is 5.69 Å². The van der Waals surface area contributed by atoms with E-state index >= 15 is 0 Å². The minimum atomic E-state index is -0.726. The van der Waals surface area contributed by atoms with Crippen molar-refractivity contribution in [3.05, 3.63) is 71.0 Å². The van der Waals surface area contributed by atoms with E-state index in [0.29, 0.717) is 15.0 Å². The van der Waals surface area contributed by atoms with Gasteiger partial charge in [-0.15, -0.1) is 0 Å². The molecule has 0 spiro atoms. The van der Waals surface area contributed by atoms with Gasteiger partial charge < -0.3 is 5.11 Å². The molecule has 0 fully saturated rings. The summed E-state index contributed by atoms with van der Waals surface area (Å²) in [6.07, 6.45) is 1.39. The van der Waals surface area contributed by atoms with Gasteiger partial charge in [-0.2, -0.15) is 0 Å². The molecule has 4 rings (SSSR count). The monoisotopic (exact) mass is 401 g/mol. The highest BCUT2D eigenvalue weighted by molar-refractivity contribution is 7.15. The molecule has 9 heteroatoms. The van der Waals surface area contributed by atoms with E-state index in [-0.39, 0.29) is 16.1 Å². The Balaban J connectivity index is 2.01. The van der Waals surface area contributed by atoms with Crippen molar-refractivity contribution in [2.75, 3.05) is 0 Å². The lowest BCUT2D eigenvalue weighted by Crippen LogP contribution is -2.22. The normalized spacial score (nSPS) is 12.3. The quantitative estimate of drug-likeness (QED) is 0.410. The number of phenols is 1. The summed E-state index contributed by atoms with van der Waals surface area (Å²) in [5, 5.41) is 21.3. The largest absolute Gasteiger partial charge is 0.502 e. The van der Waals surface area contributed by atoms with Crippen LogP contribution in [0.3, 0.4) is 0 Å². The maximum Gasteiger partial charge on any atom is 0.312 e. The molecule has 0 saturated heterocycles. The Hall–Kier alpha value is -2.97. The molecule has 2 heterocycles. The van der Waals surface area contributed by atoms with Crippen molar-refractivity contribution in [2.45, 2.75) is 13.8 Å². The molecule has 1 N–H and O–H groups in total. The average molecular weight is 402 g/mol. The van der Waals surface area contributed by atoms with Gasteiger partial charge in [-0.1, -0.05) is 22.9 Å². The Bertz CT molecular complexity index is 1370. The number of aromatic nitrogens is 2. The number of hydrogen-bond acceptors (Lipinski definition) is 6. The molecule has 2 aromatic heterocycles. The van der Waals surface area contributed by atoms with Crippen molar-refractivity contribution in [1.29, 1.82) is 0 Å². The molecule has 0 amide bonds. The third-order valence-corrected chi connectivity index (χ3v) is 5.61. The highest BCUT2D eigenvalue weighted by Gasteiger charge is 2.18. The molecule has 2 aromatic carbocycles. The fourth-order valence-electron chi connectivity index (χ4n) is 2.91. The van der Waals surface area contributed by atoms with Crippen molar-refractivity contribution < 1.29 is 10.0 Å². The van der Waals surface area contributed by atoms with Crippen LogP contribution in [0.5, 0.6) is 5.75 Å². The molecule has 0 aliphatic carbocycles. The highest BCUT2D eigenvalue weighted by Crippen LogP contribution is 2.33. The maximum atomic E-state index is 12.9. The summed E-state index contributed by atoms with van der Waals surface area (Å²) in [5.41, 5.74) is 2.85. The molecular formula is C18H12ClN3O4S. The van der Waals surface area contributed by atoms with Crippen LogP contribution in [0.2, 0.25) is 5.02 Å². The van der Waals surface area contributed by atoms with Crippen molar-refractivity contribution >= 4 is 50.7 Å². The molecule has 0 unspecified atom stereocenters. The summed E-state index contributed by atoms with van der Waals surface area (Å²) in [7, 11) is 0. The number of fused-ring (bicyclic) bond motifs is 3. The second kappa shape index (κ2) is 6.04. The number of phenolic OH excluding ortho intramolecular Hbond substituents is 1. The number of aromatic hydroxyl groups is 1. The van der Waals surface area contributed by atoms with E-state index in [2.05, 4.69) is 4.98 Å². The lowest BCUT2D eigenvalue weighted by atomic mass is 10.1.